The standard InChI is InChI=1S/C6H9N3O2/c7-5-3-8-4-9(1-2-10)6(5)11/h3-4,10H,1-2,7H2. The second-order valence-electron chi connectivity index (χ2n) is 2.07. The minimum atomic E-state index is -0.311. The molecule has 0 aromatic carbocycles. The molecule has 1 heterocycles. The summed E-state index contributed by atoms with van der Waals surface area (Å²) in [5.41, 5.74) is 5.06. The Morgan fingerprint density at radius 1 is 1.73 bits per heavy atom. The van der Waals surface area contributed by atoms with Crippen LogP contribution in [0.5, 0.6) is 0 Å². The molecule has 0 fully saturated rings. The third-order valence-corrected chi connectivity index (χ3v) is 1.27. The van der Waals surface area contributed by atoms with Crippen LogP contribution >= 0.6 is 0 Å². The largest absolute Gasteiger partial charge is 0.395 e. The Kier molecular flexibility index (Phi) is 2.22. The molecule has 0 saturated heterocycles. The minimum absolute atomic E-state index is 0.0922. The number of rotatable bonds is 2. The molecule has 0 aliphatic carbocycles. The van der Waals surface area contributed by atoms with Gasteiger partial charge in [0.15, 0.2) is 0 Å². The maximum Gasteiger partial charge on any atom is 0.276 e. The van der Waals surface area contributed by atoms with Crippen LogP contribution in [0, 0.1) is 0 Å². The van der Waals surface area contributed by atoms with Crippen LogP contribution in [0.3, 0.4) is 0 Å². The molecule has 1 rings (SSSR count). The fraction of sp³-hybridized carbons (Fsp3) is 0.333. The fourth-order valence-electron chi connectivity index (χ4n) is 0.735. The zero-order valence-electron chi connectivity index (χ0n) is 5.90. The van der Waals surface area contributed by atoms with Crippen LogP contribution in [-0.2, 0) is 6.54 Å². The average Bonchev–Trinajstić information content (AvgIpc) is 1.99. The summed E-state index contributed by atoms with van der Waals surface area (Å²) >= 11 is 0. The van der Waals surface area contributed by atoms with Crippen molar-refractivity contribution in [3.05, 3.63) is 22.9 Å². The van der Waals surface area contributed by atoms with Crippen LogP contribution in [0.1, 0.15) is 0 Å². The highest BCUT2D eigenvalue weighted by Crippen LogP contribution is 1.86. The molecule has 0 atom stereocenters. The third kappa shape index (κ3) is 1.56. The number of aromatic nitrogens is 2. The first-order chi connectivity index (χ1) is 5.25. The normalized spacial score (nSPS) is 9.91. The first-order valence-electron chi connectivity index (χ1n) is 3.16. The maximum atomic E-state index is 11.0. The lowest BCUT2D eigenvalue weighted by Gasteiger charge is -2.01. The Morgan fingerprint density at radius 3 is 3.09 bits per heavy atom. The monoisotopic (exact) mass is 155 g/mol. The summed E-state index contributed by atoms with van der Waals surface area (Å²) in [6, 6.07) is 0. The van der Waals surface area contributed by atoms with E-state index in [-0.39, 0.29) is 24.4 Å². The van der Waals surface area contributed by atoms with E-state index in [0.717, 1.165) is 0 Å². The fourth-order valence-corrected chi connectivity index (χ4v) is 0.735. The Morgan fingerprint density at radius 2 is 2.45 bits per heavy atom. The van der Waals surface area contributed by atoms with Crippen molar-refractivity contribution in [3.8, 4) is 0 Å². The highest BCUT2D eigenvalue weighted by atomic mass is 16.3. The first-order valence-corrected chi connectivity index (χ1v) is 3.16. The molecular weight excluding hydrogens is 146 g/mol. The van der Waals surface area contributed by atoms with Gasteiger partial charge in [0.2, 0.25) is 0 Å². The molecule has 0 amide bonds. The van der Waals surface area contributed by atoms with Crippen molar-refractivity contribution >= 4 is 5.69 Å². The highest BCUT2D eigenvalue weighted by Gasteiger charge is 1.97. The molecule has 1 aromatic heterocycles. The summed E-state index contributed by atoms with van der Waals surface area (Å²) in [4.78, 5) is 14.7. The van der Waals surface area contributed by atoms with Crippen molar-refractivity contribution in [2.45, 2.75) is 6.54 Å². The van der Waals surface area contributed by atoms with Gasteiger partial charge in [-0.05, 0) is 0 Å². The van der Waals surface area contributed by atoms with Gasteiger partial charge in [-0.25, -0.2) is 4.98 Å². The summed E-state index contributed by atoms with van der Waals surface area (Å²) in [5, 5.41) is 8.51. The molecule has 5 nitrogen and oxygen atoms in total. The quantitative estimate of drug-likeness (QED) is 0.563. The number of hydrogen-bond donors (Lipinski definition) is 2. The molecule has 0 aliphatic rings. The van der Waals surface area contributed by atoms with Crippen LogP contribution < -0.4 is 11.3 Å². The number of aliphatic hydroxyl groups excluding tert-OH is 1. The molecule has 0 spiro atoms. The van der Waals surface area contributed by atoms with Crippen molar-refractivity contribution in [1.29, 1.82) is 0 Å². The highest BCUT2D eigenvalue weighted by molar-refractivity contribution is 5.30. The zero-order chi connectivity index (χ0) is 8.27. The van der Waals surface area contributed by atoms with Gasteiger partial charge >= 0.3 is 0 Å². The predicted molar refractivity (Wildman–Crippen MR) is 40.0 cm³/mol. The maximum absolute atomic E-state index is 11.0. The summed E-state index contributed by atoms with van der Waals surface area (Å²) in [6.07, 6.45) is 2.63. The van der Waals surface area contributed by atoms with E-state index in [9.17, 15) is 4.79 Å². The van der Waals surface area contributed by atoms with E-state index in [1.165, 1.54) is 17.1 Å². The molecule has 0 saturated carbocycles. The summed E-state index contributed by atoms with van der Waals surface area (Å²) in [6.45, 7) is 0.141. The average molecular weight is 155 g/mol. The van der Waals surface area contributed by atoms with Gasteiger partial charge in [0.25, 0.3) is 5.56 Å². The lowest BCUT2D eigenvalue weighted by molar-refractivity contribution is 0.273. The number of nitrogens with two attached hydrogens (primary N) is 1. The van der Waals surface area contributed by atoms with Gasteiger partial charge in [-0.3, -0.25) is 9.36 Å². The topological polar surface area (TPSA) is 81.1 Å². The summed E-state index contributed by atoms with van der Waals surface area (Å²) < 4.78 is 1.26. The lowest BCUT2D eigenvalue weighted by atomic mass is 10.5. The van der Waals surface area contributed by atoms with Crippen LogP contribution in [0.2, 0.25) is 0 Å². The van der Waals surface area contributed by atoms with E-state index in [0.29, 0.717) is 0 Å². The third-order valence-electron chi connectivity index (χ3n) is 1.27. The van der Waals surface area contributed by atoms with Crippen LogP contribution in [0.25, 0.3) is 0 Å². The van der Waals surface area contributed by atoms with Gasteiger partial charge in [0.05, 0.1) is 25.7 Å². The van der Waals surface area contributed by atoms with Crippen molar-refractivity contribution in [1.82, 2.24) is 9.55 Å². The molecule has 11 heavy (non-hydrogen) atoms. The number of nitrogens with zero attached hydrogens (tertiary/aromatic N) is 2. The van der Waals surface area contributed by atoms with E-state index < -0.39 is 0 Å². The van der Waals surface area contributed by atoms with Crippen LogP contribution in [0.4, 0.5) is 5.69 Å². The smallest absolute Gasteiger partial charge is 0.276 e. The molecule has 5 heteroatoms. The SMILES string of the molecule is Nc1cncn(CCO)c1=O. The van der Waals surface area contributed by atoms with Gasteiger partial charge < -0.3 is 10.8 Å². The molecule has 0 bridgehead atoms. The van der Waals surface area contributed by atoms with E-state index in [1.54, 1.807) is 0 Å². The van der Waals surface area contributed by atoms with Gasteiger partial charge in [0.1, 0.15) is 5.69 Å². The second-order valence-corrected chi connectivity index (χ2v) is 2.07. The van der Waals surface area contributed by atoms with E-state index >= 15 is 0 Å². The van der Waals surface area contributed by atoms with Crippen LogP contribution in [0.15, 0.2) is 17.3 Å². The van der Waals surface area contributed by atoms with Crippen molar-refractivity contribution in [2.24, 2.45) is 0 Å². The molecule has 0 radical (unpaired) electrons. The van der Waals surface area contributed by atoms with Gasteiger partial charge in [-0.15, -0.1) is 0 Å². The predicted octanol–water partition coefficient (Wildman–Crippen LogP) is -1.18. The number of aliphatic hydroxyl groups is 1. The van der Waals surface area contributed by atoms with Crippen LogP contribution in [-0.4, -0.2) is 21.3 Å². The molecule has 0 aliphatic heterocycles. The Hall–Kier alpha value is -1.36. The van der Waals surface area contributed by atoms with Gasteiger partial charge in [0, 0.05) is 0 Å². The molecule has 1 aromatic rings. The van der Waals surface area contributed by atoms with Crippen molar-refractivity contribution < 1.29 is 5.11 Å². The Bertz CT molecular complexity index is 294. The van der Waals surface area contributed by atoms with Gasteiger partial charge in [-0.1, -0.05) is 0 Å². The Balaban J connectivity index is 3.07. The molecule has 3 N–H and O–H groups in total. The summed E-state index contributed by atoms with van der Waals surface area (Å²) in [5.74, 6) is 0. The first kappa shape index (κ1) is 7.74. The van der Waals surface area contributed by atoms with Crippen molar-refractivity contribution in [3.63, 3.8) is 0 Å². The Labute approximate surface area is 63.1 Å². The molecular formula is C6H9N3O2. The number of hydrogen-bond acceptors (Lipinski definition) is 4. The summed E-state index contributed by atoms with van der Waals surface area (Å²) in [7, 11) is 0. The van der Waals surface area contributed by atoms with E-state index in [2.05, 4.69) is 4.98 Å². The number of anilines is 1. The molecule has 0 unspecified atom stereocenters. The van der Waals surface area contributed by atoms with E-state index in [4.69, 9.17) is 10.8 Å². The molecule has 60 valence electrons. The van der Waals surface area contributed by atoms with Gasteiger partial charge in [-0.2, -0.15) is 0 Å². The zero-order valence-corrected chi connectivity index (χ0v) is 5.90. The lowest BCUT2D eigenvalue weighted by Crippen LogP contribution is -2.24. The van der Waals surface area contributed by atoms with E-state index in [1.807, 2.05) is 0 Å². The minimum Gasteiger partial charge on any atom is -0.395 e. The number of nitrogen functional groups attached to an aromatic ring is 1. The van der Waals surface area contributed by atoms with Crippen molar-refractivity contribution in [2.75, 3.05) is 12.3 Å². The second kappa shape index (κ2) is 3.16.